The van der Waals surface area contributed by atoms with Gasteiger partial charge in [-0.3, -0.25) is 14.1 Å². The van der Waals surface area contributed by atoms with E-state index >= 15 is 0 Å². The van der Waals surface area contributed by atoms with Crippen LogP contribution in [-0.4, -0.2) is 15.5 Å². The standard InChI is InChI=1S/C12H15N3O2/c1-3-12(17)13-7-10-8(2)15-9(4-5-14-15)6-11(10)16/h4-6,14H,3,7H2,1-2H3,(H,13,17). The second kappa shape index (κ2) is 4.45. The Morgan fingerprint density at radius 2 is 2.29 bits per heavy atom. The van der Waals surface area contributed by atoms with Crippen molar-refractivity contribution in [2.24, 2.45) is 0 Å². The molecule has 90 valence electrons. The molecule has 0 radical (unpaired) electrons. The summed E-state index contributed by atoms with van der Waals surface area (Å²) in [5.41, 5.74) is 2.23. The van der Waals surface area contributed by atoms with E-state index in [0.29, 0.717) is 12.0 Å². The maximum atomic E-state index is 11.9. The molecule has 17 heavy (non-hydrogen) atoms. The minimum Gasteiger partial charge on any atom is -0.352 e. The van der Waals surface area contributed by atoms with E-state index in [9.17, 15) is 9.59 Å². The Labute approximate surface area is 98.4 Å². The molecule has 2 aromatic rings. The van der Waals surface area contributed by atoms with Gasteiger partial charge in [0.1, 0.15) is 0 Å². The van der Waals surface area contributed by atoms with Gasteiger partial charge in [-0.25, -0.2) is 0 Å². The van der Waals surface area contributed by atoms with Crippen LogP contribution >= 0.6 is 0 Å². The largest absolute Gasteiger partial charge is 0.352 e. The SMILES string of the molecule is CCC(=O)NCc1c(C)n2[nH]ccc2cc1=O. The fraction of sp³-hybridized carbons (Fsp3) is 0.333. The van der Waals surface area contributed by atoms with Gasteiger partial charge in [-0.1, -0.05) is 6.92 Å². The molecule has 1 amide bonds. The van der Waals surface area contributed by atoms with Crippen LogP contribution in [0.5, 0.6) is 0 Å². The highest BCUT2D eigenvalue weighted by Gasteiger charge is 2.09. The maximum absolute atomic E-state index is 11.9. The second-order valence-electron chi connectivity index (χ2n) is 3.93. The molecule has 0 aromatic carbocycles. The maximum Gasteiger partial charge on any atom is 0.219 e. The second-order valence-corrected chi connectivity index (χ2v) is 3.93. The Bertz CT molecular complexity index is 610. The van der Waals surface area contributed by atoms with Crippen LogP contribution in [0.25, 0.3) is 5.52 Å². The predicted molar refractivity (Wildman–Crippen MR) is 64.9 cm³/mol. The molecule has 5 nitrogen and oxygen atoms in total. The van der Waals surface area contributed by atoms with Crippen LogP contribution in [0, 0.1) is 6.92 Å². The van der Waals surface area contributed by atoms with E-state index in [4.69, 9.17) is 0 Å². The summed E-state index contributed by atoms with van der Waals surface area (Å²) in [6.45, 7) is 3.92. The Morgan fingerprint density at radius 1 is 1.53 bits per heavy atom. The van der Waals surface area contributed by atoms with Crippen LogP contribution < -0.4 is 10.7 Å². The molecule has 0 saturated heterocycles. The van der Waals surface area contributed by atoms with E-state index in [2.05, 4.69) is 10.4 Å². The number of carbonyl (C=O) groups is 1. The number of rotatable bonds is 3. The summed E-state index contributed by atoms with van der Waals surface area (Å²) >= 11 is 0. The molecule has 0 fully saturated rings. The van der Waals surface area contributed by atoms with Crippen LogP contribution in [0.2, 0.25) is 0 Å². The van der Waals surface area contributed by atoms with Gasteiger partial charge in [0.05, 0.1) is 5.52 Å². The number of pyridine rings is 1. The molecule has 0 saturated carbocycles. The quantitative estimate of drug-likeness (QED) is 0.829. The number of aryl methyl sites for hydroxylation is 1. The van der Waals surface area contributed by atoms with E-state index in [-0.39, 0.29) is 17.9 Å². The van der Waals surface area contributed by atoms with Crippen molar-refractivity contribution in [3.05, 3.63) is 39.8 Å². The molecule has 0 aliphatic heterocycles. The summed E-state index contributed by atoms with van der Waals surface area (Å²) in [5, 5.41) is 5.74. The number of hydrogen-bond donors (Lipinski definition) is 2. The van der Waals surface area contributed by atoms with Gasteiger partial charge in [0.25, 0.3) is 0 Å². The zero-order valence-electron chi connectivity index (χ0n) is 9.91. The normalized spacial score (nSPS) is 10.7. The molecular weight excluding hydrogens is 218 g/mol. The third-order valence-corrected chi connectivity index (χ3v) is 2.85. The Morgan fingerprint density at radius 3 is 3.00 bits per heavy atom. The third kappa shape index (κ3) is 2.08. The molecule has 2 heterocycles. The van der Waals surface area contributed by atoms with Crippen molar-refractivity contribution in [2.75, 3.05) is 0 Å². The van der Waals surface area contributed by atoms with Gasteiger partial charge in [-0.15, -0.1) is 0 Å². The molecule has 0 aliphatic rings. The molecule has 0 unspecified atom stereocenters. The van der Waals surface area contributed by atoms with Gasteiger partial charge in [0.15, 0.2) is 5.43 Å². The molecular formula is C12H15N3O2. The van der Waals surface area contributed by atoms with E-state index in [0.717, 1.165) is 11.2 Å². The molecule has 0 spiro atoms. The zero-order valence-corrected chi connectivity index (χ0v) is 9.91. The van der Waals surface area contributed by atoms with Crippen molar-refractivity contribution in [1.29, 1.82) is 0 Å². The first-order valence-corrected chi connectivity index (χ1v) is 5.58. The third-order valence-electron chi connectivity index (χ3n) is 2.85. The van der Waals surface area contributed by atoms with Crippen molar-refractivity contribution >= 4 is 11.4 Å². The summed E-state index contributed by atoms with van der Waals surface area (Å²) < 4.78 is 1.83. The minimum atomic E-state index is -0.0552. The lowest BCUT2D eigenvalue weighted by molar-refractivity contribution is -0.120. The fourth-order valence-corrected chi connectivity index (χ4v) is 1.81. The Hall–Kier alpha value is -2.04. The van der Waals surface area contributed by atoms with Crippen LogP contribution in [-0.2, 0) is 11.3 Å². The number of carbonyl (C=O) groups excluding carboxylic acids is 1. The molecule has 0 bridgehead atoms. The van der Waals surface area contributed by atoms with Crippen molar-refractivity contribution in [3.8, 4) is 0 Å². The number of aromatic amines is 1. The molecule has 2 aromatic heterocycles. The number of nitrogens with one attached hydrogen (secondary N) is 2. The smallest absolute Gasteiger partial charge is 0.219 e. The highest BCUT2D eigenvalue weighted by atomic mass is 16.1. The first kappa shape index (κ1) is 11.4. The lowest BCUT2D eigenvalue weighted by Crippen LogP contribution is -2.26. The van der Waals surface area contributed by atoms with Gasteiger partial charge < -0.3 is 10.4 Å². The molecule has 2 rings (SSSR count). The molecule has 2 N–H and O–H groups in total. The summed E-state index contributed by atoms with van der Waals surface area (Å²) in [7, 11) is 0. The summed E-state index contributed by atoms with van der Waals surface area (Å²) in [4.78, 5) is 23.1. The number of hydrogen-bond acceptors (Lipinski definition) is 2. The number of nitrogens with zero attached hydrogens (tertiary/aromatic N) is 1. The average Bonchev–Trinajstić information content (AvgIpc) is 2.76. The highest BCUT2D eigenvalue weighted by Crippen LogP contribution is 2.07. The van der Waals surface area contributed by atoms with E-state index in [1.165, 1.54) is 0 Å². The first-order chi connectivity index (χ1) is 8.13. The van der Waals surface area contributed by atoms with Gasteiger partial charge in [-0.2, -0.15) is 0 Å². The van der Waals surface area contributed by atoms with Gasteiger partial charge >= 0.3 is 0 Å². The average molecular weight is 233 g/mol. The Balaban J connectivity index is 2.39. The topological polar surface area (TPSA) is 66.4 Å². The van der Waals surface area contributed by atoms with Crippen LogP contribution in [0.4, 0.5) is 0 Å². The Kier molecular flexibility index (Phi) is 2.99. The summed E-state index contributed by atoms with van der Waals surface area (Å²) in [6, 6.07) is 3.40. The van der Waals surface area contributed by atoms with E-state index in [1.54, 1.807) is 19.2 Å². The molecule has 0 aliphatic carbocycles. The van der Waals surface area contributed by atoms with E-state index in [1.807, 2.05) is 17.5 Å². The van der Waals surface area contributed by atoms with Crippen molar-refractivity contribution in [2.45, 2.75) is 26.8 Å². The molecule has 0 atom stereocenters. The fourth-order valence-electron chi connectivity index (χ4n) is 1.81. The van der Waals surface area contributed by atoms with E-state index < -0.39 is 0 Å². The number of amides is 1. The monoisotopic (exact) mass is 233 g/mol. The van der Waals surface area contributed by atoms with Crippen LogP contribution in [0.15, 0.2) is 23.1 Å². The van der Waals surface area contributed by atoms with Crippen LogP contribution in [0.3, 0.4) is 0 Å². The zero-order chi connectivity index (χ0) is 12.4. The first-order valence-electron chi connectivity index (χ1n) is 5.58. The van der Waals surface area contributed by atoms with Crippen molar-refractivity contribution in [3.63, 3.8) is 0 Å². The number of H-pyrrole nitrogens is 1. The summed E-state index contributed by atoms with van der Waals surface area (Å²) in [6.07, 6.45) is 2.20. The van der Waals surface area contributed by atoms with Crippen molar-refractivity contribution < 1.29 is 4.79 Å². The lowest BCUT2D eigenvalue weighted by Gasteiger charge is -2.08. The van der Waals surface area contributed by atoms with Crippen LogP contribution in [0.1, 0.15) is 24.6 Å². The van der Waals surface area contributed by atoms with Gasteiger partial charge in [0, 0.05) is 36.5 Å². The lowest BCUT2D eigenvalue weighted by atomic mass is 10.2. The summed E-state index contributed by atoms with van der Waals surface area (Å²) in [5.74, 6) is -0.0552. The number of aromatic nitrogens is 2. The minimum absolute atomic E-state index is 0.0431. The van der Waals surface area contributed by atoms with Gasteiger partial charge in [-0.05, 0) is 13.0 Å². The van der Waals surface area contributed by atoms with Crippen molar-refractivity contribution in [1.82, 2.24) is 14.9 Å². The number of fused-ring (bicyclic) bond motifs is 1. The highest BCUT2D eigenvalue weighted by molar-refractivity contribution is 5.75. The van der Waals surface area contributed by atoms with Gasteiger partial charge in [0.2, 0.25) is 5.91 Å². The molecule has 5 heteroatoms. The predicted octanol–water partition coefficient (Wildman–Crippen LogP) is 0.962.